The molecule has 21 heavy (non-hydrogen) atoms. The topological polar surface area (TPSA) is 50.7 Å². The summed E-state index contributed by atoms with van der Waals surface area (Å²) in [6.45, 7) is 5.80. The van der Waals surface area contributed by atoms with Gasteiger partial charge in [-0.1, -0.05) is 12.1 Å². The fourth-order valence-corrected chi connectivity index (χ4v) is 2.56. The van der Waals surface area contributed by atoms with E-state index in [0.29, 0.717) is 5.75 Å². The first-order chi connectivity index (χ1) is 10.0. The molecule has 110 valence electrons. The van der Waals surface area contributed by atoms with Crippen molar-refractivity contribution >= 4 is 23.0 Å². The lowest BCUT2D eigenvalue weighted by atomic mass is 10.1. The normalized spacial score (nSPS) is 11.3. The number of rotatable bonds is 5. The Hall–Kier alpha value is -2.14. The molecule has 1 aromatic heterocycles. The summed E-state index contributed by atoms with van der Waals surface area (Å²) in [4.78, 5) is 12.8. The van der Waals surface area contributed by atoms with Gasteiger partial charge in [-0.15, -0.1) is 11.3 Å². The molecule has 0 aliphatic rings. The van der Waals surface area contributed by atoms with Crippen molar-refractivity contribution in [3.63, 3.8) is 0 Å². The zero-order valence-electron chi connectivity index (χ0n) is 12.3. The Morgan fingerprint density at radius 2 is 2.00 bits per heavy atom. The maximum atomic E-state index is 11.7. The molecular formula is C16H18N2O2S. The van der Waals surface area contributed by atoms with Crippen LogP contribution in [0.5, 0.6) is 5.75 Å². The molecule has 1 N–H and O–H groups in total. The third-order valence-corrected chi connectivity index (χ3v) is 3.77. The van der Waals surface area contributed by atoms with E-state index in [1.165, 1.54) is 0 Å². The summed E-state index contributed by atoms with van der Waals surface area (Å²) >= 11 is 1.58. The minimum Gasteiger partial charge on any atom is -0.484 e. The molecule has 1 amide bonds. The first kappa shape index (κ1) is 15.3. The average Bonchev–Trinajstić information content (AvgIpc) is 2.95. The molecule has 0 saturated carbocycles. The van der Waals surface area contributed by atoms with E-state index < -0.39 is 0 Å². The standard InChI is InChI=1S/C16H18N2O2S/c1-11-7-12(2)9-14(8-11)20-10-16(19)18-17-13(3)15-5-4-6-21-15/h4-9H,10H2,1-3H3,(H,18,19)/b17-13+. The summed E-state index contributed by atoms with van der Waals surface area (Å²) in [5.41, 5.74) is 5.50. The molecule has 0 saturated heterocycles. The number of aryl methyl sites for hydroxylation is 2. The number of hydrogen-bond acceptors (Lipinski definition) is 4. The average molecular weight is 302 g/mol. The number of thiophene rings is 1. The number of hydrazone groups is 1. The molecule has 0 unspecified atom stereocenters. The molecule has 0 radical (unpaired) electrons. The fraction of sp³-hybridized carbons (Fsp3) is 0.250. The Morgan fingerprint density at radius 3 is 2.62 bits per heavy atom. The van der Waals surface area contributed by atoms with E-state index in [1.807, 2.05) is 50.4 Å². The van der Waals surface area contributed by atoms with Crippen molar-refractivity contribution in [1.29, 1.82) is 0 Å². The Balaban J connectivity index is 1.86. The fourth-order valence-electron chi connectivity index (χ4n) is 1.88. The SMILES string of the molecule is C/C(=N\NC(=O)COc1cc(C)cc(C)c1)c1cccs1. The van der Waals surface area contributed by atoms with Gasteiger partial charge in [0.25, 0.3) is 5.91 Å². The number of carbonyl (C=O) groups excluding carboxylic acids is 1. The summed E-state index contributed by atoms with van der Waals surface area (Å²) in [5, 5.41) is 6.03. The molecule has 2 aromatic rings. The van der Waals surface area contributed by atoms with Crippen LogP contribution in [-0.2, 0) is 4.79 Å². The van der Waals surface area contributed by atoms with Gasteiger partial charge in [-0.3, -0.25) is 4.79 Å². The van der Waals surface area contributed by atoms with Crippen LogP contribution in [0.25, 0.3) is 0 Å². The number of amides is 1. The quantitative estimate of drug-likeness (QED) is 0.680. The van der Waals surface area contributed by atoms with Crippen molar-refractivity contribution in [3.8, 4) is 5.75 Å². The zero-order valence-corrected chi connectivity index (χ0v) is 13.2. The highest BCUT2D eigenvalue weighted by atomic mass is 32.1. The molecular weight excluding hydrogens is 284 g/mol. The summed E-state index contributed by atoms with van der Waals surface area (Å²) in [6, 6.07) is 9.77. The van der Waals surface area contributed by atoms with E-state index in [4.69, 9.17) is 4.74 Å². The van der Waals surface area contributed by atoms with Crippen molar-refractivity contribution < 1.29 is 9.53 Å². The van der Waals surface area contributed by atoms with E-state index in [-0.39, 0.29) is 12.5 Å². The highest BCUT2D eigenvalue weighted by Gasteiger charge is 2.04. The minimum atomic E-state index is -0.273. The molecule has 2 rings (SSSR count). The second-order valence-electron chi connectivity index (χ2n) is 4.82. The van der Waals surface area contributed by atoms with Gasteiger partial charge >= 0.3 is 0 Å². The summed E-state index contributed by atoms with van der Waals surface area (Å²) in [5.74, 6) is 0.423. The van der Waals surface area contributed by atoms with Crippen molar-refractivity contribution in [2.75, 3.05) is 6.61 Å². The number of hydrogen-bond donors (Lipinski definition) is 1. The van der Waals surface area contributed by atoms with E-state index in [1.54, 1.807) is 11.3 Å². The molecule has 0 aliphatic heterocycles. The van der Waals surface area contributed by atoms with Gasteiger partial charge in [0, 0.05) is 4.88 Å². The Kier molecular flexibility index (Phi) is 5.11. The highest BCUT2D eigenvalue weighted by Crippen LogP contribution is 2.16. The van der Waals surface area contributed by atoms with Gasteiger partial charge in [-0.2, -0.15) is 5.10 Å². The maximum absolute atomic E-state index is 11.7. The van der Waals surface area contributed by atoms with Gasteiger partial charge in [0.15, 0.2) is 6.61 Å². The number of ether oxygens (including phenoxy) is 1. The van der Waals surface area contributed by atoms with Crippen LogP contribution >= 0.6 is 11.3 Å². The molecule has 0 aliphatic carbocycles. The second kappa shape index (κ2) is 7.04. The Bertz CT molecular complexity index is 628. The van der Waals surface area contributed by atoms with Crippen molar-refractivity contribution in [2.45, 2.75) is 20.8 Å². The van der Waals surface area contributed by atoms with Crippen molar-refractivity contribution in [2.24, 2.45) is 5.10 Å². The number of benzene rings is 1. The van der Waals surface area contributed by atoms with Crippen LogP contribution in [0.4, 0.5) is 0 Å². The van der Waals surface area contributed by atoms with Crippen LogP contribution in [0.3, 0.4) is 0 Å². The lowest BCUT2D eigenvalue weighted by Gasteiger charge is -2.07. The smallest absolute Gasteiger partial charge is 0.277 e. The predicted octanol–water partition coefficient (Wildman–Crippen LogP) is 3.28. The van der Waals surface area contributed by atoms with Gasteiger partial charge in [-0.25, -0.2) is 5.43 Å². The van der Waals surface area contributed by atoms with Crippen molar-refractivity contribution in [3.05, 3.63) is 51.7 Å². The lowest BCUT2D eigenvalue weighted by Crippen LogP contribution is -2.25. The molecule has 5 heteroatoms. The van der Waals surface area contributed by atoms with Gasteiger partial charge in [0.1, 0.15) is 5.75 Å². The monoisotopic (exact) mass is 302 g/mol. The minimum absolute atomic E-state index is 0.0515. The summed E-state index contributed by atoms with van der Waals surface area (Å²) in [6.07, 6.45) is 0. The number of nitrogens with one attached hydrogen (secondary N) is 1. The molecule has 1 aromatic carbocycles. The predicted molar refractivity (Wildman–Crippen MR) is 86.1 cm³/mol. The molecule has 0 bridgehead atoms. The molecule has 0 fully saturated rings. The molecule has 1 heterocycles. The number of carbonyl (C=O) groups is 1. The van der Waals surface area contributed by atoms with Gasteiger partial charge in [0.2, 0.25) is 0 Å². The third-order valence-electron chi connectivity index (χ3n) is 2.79. The van der Waals surface area contributed by atoms with E-state index in [2.05, 4.69) is 16.6 Å². The van der Waals surface area contributed by atoms with E-state index >= 15 is 0 Å². The number of nitrogens with zero attached hydrogens (tertiary/aromatic N) is 1. The van der Waals surface area contributed by atoms with Crippen LogP contribution in [0.15, 0.2) is 40.8 Å². The van der Waals surface area contributed by atoms with Gasteiger partial charge in [-0.05, 0) is 55.5 Å². The molecule has 0 atom stereocenters. The first-order valence-corrected chi connectivity index (χ1v) is 7.50. The van der Waals surface area contributed by atoms with Crippen molar-refractivity contribution in [1.82, 2.24) is 5.43 Å². The van der Waals surface area contributed by atoms with Crippen LogP contribution in [0.1, 0.15) is 22.9 Å². The van der Waals surface area contributed by atoms with Gasteiger partial charge in [0.05, 0.1) is 5.71 Å². The Morgan fingerprint density at radius 1 is 1.29 bits per heavy atom. The maximum Gasteiger partial charge on any atom is 0.277 e. The first-order valence-electron chi connectivity index (χ1n) is 6.62. The van der Waals surface area contributed by atoms with Crippen LogP contribution < -0.4 is 10.2 Å². The van der Waals surface area contributed by atoms with Crippen LogP contribution in [0, 0.1) is 13.8 Å². The lowest BCUT2D eigenvalue weighted by molar-refractivity contribution is -0.123. The third kappa shape index (κ3) is 4.72. The highest BCUT2D eigenvalue weighted by molar-refractivity contribution is 7.12. The summed E-state index contributed by atoms with van der Waals surface area (Å²) in [7, 11) is 0. The largest absolute Gasteiger partial charge is 0.484 e. The van der Waals surface area contributed by atoms with Gasteiger partial charge < -0.3 is 4.74 Å². The van der Waals surface area contributed by atoms with E-state index in [0.717, 1.165) is 21.7 Å². The van der Waals surface area contributed by atoms with Crippen LogP contribution in [0.2, 0.25) is 0 Å². The van der Waals surface area contributed by atoms with E-state index in [9.17, 15) is 4.79 Å². The second-order valence-corrected chi connectivity index (χ2v) is 5.77. The van der Waals surface area contributed by atoms with Crippen LogP contribution in [-0.4, -0.2) is 18.2 Å². The summed E-state index contributed by atoms with van der Waals surface area (Å²) < 4.78 is 5.47. The molecule has 0 spiro atoms. The molecule has 4 nitrogen and oxygen atoms in total. The Labute approximate surface area is 128 Å². The zero-order chi connectivity index (χ0) is 15.2.